The Bertz CT molecular complexity index is 1620. The van der Waals surface area contributed by atoms with Gasteiger partial charge in [0, 0.05) is 29.5 Å². The molecule has 0 N–H and O–H groups in total. The lowest BCUT2D eigenvalue weighted by atomic mass is 10.1. The normalized spacial score (nSPS) is 11.5. The zero-order chi connectivity index (χ0) is 22.6. The third-order valence-corrected chi connectivity index (χ3v) is 5.64. The summed E-state index contributed by atoms with van der Waals surface area (Å²) in [5.41, 5.74) is 1.87. The Balaban J connectivity index is 1.93. The average molecular weight is 448 g/mol. The van der Waals surface area contributed by atoms with Crippen molar-refractivity contribution in [2.45, 2.75) is 13.5 Å². The second kappa shape index (κ2) is 7.35. The molecule has 3 heterocycles. The number of hydrogen-bond acceptors (Lipinski definition) is 4. The fourth-order valence-corrected chi connectivity index (χ4v) is 4.04. The molecule has 0 amide bonds. The van der Waals surface area contributed by atoms with E-state index in [0.29, 0.717) is 10.8 Å². The monoisotopic (exact) mass is 447 g/mol. The summed E-state index contributed by atoms with van der Waals surface area (Å²) in [7, 11) is 1.54. The van der Waals surface area contributed by atoms with Gasteiger partial charge in [-0.25, -0.2) is 4.79 Å². The first kappa shape index (κ1) is 20.0. The van der Waals surface area contributed by atoms with Crippen molar-refractivity contribution in [2.75, 3.05) is 0 Å². The van der Waals surface area contributed by atoms with E-state index in [1.54, 1.807) is 16.5 Å². The second-order valence-electron chi connectivity index (χ2n) is 7.58. The van der Waals surface area contributed by atoms with Crippen LogP contribution >= 0.6 is 11.6 Å². The molecule has 8 nitrogen and oxygen atoms in total. The van der Waals surface area contributed by atoms with Gasteiger partial charge in [0.05, 0.1) is 12.2 Å². The van der Waals surface area contributed by atoms with Crippen LogP contribution in [0.4, 0.5) is 0 Å². The van der Waals surface area contributed by atoms with Gasteiger partial charge >= 0.3 is 5.69 Å². The van der Waals surface area contributed by atoms with Gasteiger partial charge < -0.3 is 0 Å². The lowest BCUT2D eigenvalue weighted by Crippen LogP contribution is -2.40. The summed E-state index contributed by atoms with van der Waals surface area (Å²) in [6.45, 7) is 1.05. The van der Waals surface area contributed by atoms with Crippen molar-refractivity contribution in [3.8, 4) is 16.9 Å². The molecule has 5 aromatic rings. The number of nitrogens with zero attached hydrogens (tertiary/aromatic N) is 5. The molecule has 0 fully saturated rings. The fourth-order valence-electron chi connectivity index (χ4n) is 3.92. The van der Waals surface area contributed by atoms with Crippen LogP contribution in [0.25, 0.3) is 33.9 Å². The summed E-state index contributed by atoms with van der Waals surface area (Å²) in [6, 6.07) is 17.0. The van der Waals surface area contributed by atoms with Crippen LogP contribution in [0, 0.1) is 0 Å². The van der Waals surface area contributed by atoms with Crippen molar-refractivity contribution in [1.29, 1.82) is 0 Å². The number of hydrogen-bond donors (Lipinski definition) is 0. The van der Waals surface area contributed by atoms with E-state index in [9.17, 15) is 14.4 Å². The van der Waals surface area contributed by atoms with Gasteiger partial charge in [-0.1, -0.05) is 41.9 Å². The first-order valence-corrected chi connectivity index (χ1v) is 10.3. The smallest absolute Gasteiger partial charge is 0.298 e. The van der Waals surface area contributed by atoms with E-state index in [1.165, 1.54) is 18.5 Å². The molecule has 32 heavy (non-hydrogen) atoms. The minimum atomic E-state index is -0.584. The van der Waals surface area contributed by atoms with Gasteiger partial charge in [-0.3, -0.25) is 27.7 Å². The van der Waals surface area contributed by atoms with Crippen LogP contribution in [0.1, 0.15) is 6.92 Å². The van der Waals surface area contributed by atoms with E-state index in [4.69, 9.17) is 11.6 Å². The van der Waals surface area contributed by atoms with Gasteiger partial charge in [0.1, 0.15) is 5.78 Å². The molecule has 0 bridgehead atoms. The molecule has 0 aliphatic carbocycles. The highest BCUT2D eigenvalue weighted by molar-refractivity contribution is 6.30. The summed E-state index contributed by atoms with van der Waals surface area (Å²) < 4.78 is 5.82. The number of aryl methyl sites for hydroxylation is 1. The van der Waals surface area contributed by atoms with Gasteiger partial charge in [-0.2, -0.15) is 4.98 Å². The average Bonchev–Trinajstić information content (AvgIpc) is 3.33. The molecule has 5 rings (SSSR count). The zero-order valence-electron chi connectivity index (χ0n) is 17.3. The van der Waals surface area contributed by atoms with Gasteiger partial charge in [-0.15, -0.1) is 0 Å². The van der Waals surface area contributed by atoms with Crippen LogP contribution in [0.5, 0.6) is 0 Å². The number of imidazole rings is 2. The molecule has 9 heteroatoms. The van der Waals surface area contributed by atoms with Gasteiger partial charge in [0.15, 0.2) is 11.2 Å². The lowest BCUT2D eigenvalue weighted by Gasteiger charge is -2.09. The molecule has 0 saturated heterocycles. The quantitative estimate of drug-likeness (QED) is 0.424. The predicted octanol–water partition coefficient (Wildman–Crippen LogP) is 3.05. The summed E-state index contributed by atoms with van der Waals surface area (Å²) in [5, 5.41) is 0.598. The summed E-state index contributed by atoms with van der Waals surface area (Å²) in [6.07, 6.45) is 1.82. The summed E-state index contributed by atoms with van der Waals surface area (Å²) in [4.78, 5) is 42.3. The van der Waals surface area contributed by atoms with Crippen LogP contribution in [0.3, 0.4) is 0 Å². The van der Waals surface area contributed by atoms with Crippen LogP contribution < -0.4 is 11.2 Å². The molecule has 0 spiro atoms. The third-order valence-electron chi connectivity index (χ3n) is 5.38. The molecule has 0 unspecified atom stereocenters. The highest BCUT2D eigenvalue weighted by Gasteiger charge is 2.22. The molecule has 2 aromatic carbocycles. The van der Waals surface area contributed by atoms with Crippen LogP contribution in [-0.4, -0.2) is 28.9 Å². The number of aromatic nitrogens is 5. The molecule has 160 valence electrons. The van der Waals surface area contributed by atoms with Crippen LogP contribution in [0.2, 0.25) is 5.02 Å². The Hall–Kier alpha value is -3.91. The first-order chi connectivity index (χ1) is 15.4. The molecule has 0 radical (unpaired) electrons. The predicted molar refractivity (Wildman–Crippen MR) is 123 cm³/mol. The van der Waals surface area contributed by atoms with Gasteiger partial charge in [0.25, 0.3) is 5.56 Å². The third kappa shape index (κ3) is 2.99. The number of fused-ring (bicyclic) bond motifs is 3. The van der Waals surface area contributed by atoms with Crippen molar-refractivity contribution < 1.29 is 4.79 Å². The summed E-state index contributed by atoms with van der Waals surface area (Å²) >= 11 is 6.09. The maximum atomic E-state index is 13.3. The molecule has 0 saturated carbocycles. The number of halogens is 1. The first-order valence-electron chi connectivity index (χ1n) is 9.91. The number of Topliss-reactive ketones (excluding diaryl/α,β-unsaturated/α-hetero) is 1. The van der Waals surface area contributed by atoms with Crippen molar-refractivity contribution in [1.82, 2.24) is 23.1 Å². The maximum Gasteiger partial charge on any atom is 0.332 e. The Kier molecular flexibility index (Phi) is 4.60. The highest BCUT2D eigenvalue weighted by atomic mass is 35.5. The molecule has 0 atom stereocenters. The van der Waals surface area contributed by atoms with Crippen molar-refractivity contribution >= 4 is 34.3 Å². The molecule has 0 aliphatic rings. The maximum absolute atomic E-state index is 13.3. The number of carbonyl (C=O) groups is 1. The Labute approximate surface area is 186 Å². The van der Waals surface area contributed by atoms with Crippen molar-refractivity contribution in [2.24, 2.45) is 7.05 Å². The number of carbonyl (C=O) groups excluding carboxylic acids is 1. The van der Waals surface area contributed by atoms with Crippen LogP contribution in [-0.2, 0) is 18.4 Å². The number of ketones is 1. The van der Waals surface area contributed by atoms with E-state index in [2.05, 4.69) is 4.98 Å². The minimum absolute atomic E-state index is 0.230. The van der Waals surface area contributed by atoms with E-state index in [0.717, 1.165) is 21.5 Å². The van der Waals surface area contributed by atoms with Crippen molar-refractivity contribution in [3.05, 3.63) is 86.7 Å². The summed E-state index contributed by atoms with van der Waals surface area (Å²) in [5.74, 6) is 0.182. The van der Waals surface area contributed by atoms with E-state index < -0.39 is 11.2 Å². The molecular formula is C23H18ClN5O3. The van der Waals surface area contributed by atoms with Crippen molar-refractivity contribution in [3.63, 3.8) is 0 Å². The Morgan fingerprint density at radius 1 is 1.03 bits per heavy atom. The Morgan fingerprint density at radius 2 is 1.72 bits per heavy atom. The number of benzene rings is 2. The lowest BCUT2D eigenvalue weighted by molar-refractivity contribution is -0.117. The standard InChI is InChI=1S/C23H18ClN5O3/c1-14(30)12-28-21(31)19-20(26(2)23(28)32)25-22-27(19)13-18(15-6-4-3-5-7-15)29(22)17-10-8-16(24)9-11-17/h3-11,13H,12H2,1-2H3. The van der Waals surface area contributed by atoms with Gasteiger partial charge in [0.2, 0.25) is 5.78 Å². The van der Waals surface area contributed by atoms with E-state index in [-0.39, 0.29) is 23.5 Å². The Morgan fingerprint density at radius 3 is 2.38 bits per heavy atom. The fraction of sp³-hybridized carbons (Fsp3) is 0.130. The van der Waals surface area contributed by atoms with E-state index >= 15 is 0 Å². The SMILES string of the molecule is CC(=O)Cn1c(=O)c2c(nc3n(-c4ccc(Cl)cc4)c(-c4ccccc4)cn23)n(C)c1=O. The molecule has 0 aliphatic heterocycles. The van der Waals surface area contributed by atoms with Crippen LogP contribution in [0.15, 0.2) is 70.4 Å². The molecule has 3 aromatic heterocycles. The minimum Gasteiger partial charge on any atom is -0.298 e. The van der Waals surface area contributed by atoms with Gasteiger partial charge in [-0.05, 0) is 31.2 Å². The van der Waals surface area contributed by atoms with E-state index in [1.807, 2.05) is 53.2 Å². The zero-order valence-corrected chi connectivity index (χ0v) is 18.1. The largest absolute Gasteiger partial charge is 0.332 e. The highest BCUT2D eigenvalue weighted by Crippen LogP contribution is 2.29. The topological polar surface area (TPSA) is 83.3 Å². The molecular weight excluding hydrogens is 430 g/mol. The number of rotatable bonds is 4. The second-order valence-corrected chi connectivity index (χ2v) is 8.02.